The van der Waals surface area contributed by atoms with Crippen LogP contribution in [-0.4, -0.2) is 20.3 Å². The molecule has 0 saturated heterocycles. The molecule has 0 saturated carbocycles. The second kappa shape index (κ2) is 4.62. The summed E-state index contributed by atoms with van der Waals surface area (Å²) in [5.74, 6) is 1.35. The molecule has 3 nitrogen and oxygen atoms in total. The van der Waals surface area contributed by atoms with Crippen LogP contribution in [0.15, 0.2) is 24.3 Å². The Kier molecular flexibility index (Phi) is 3.41. The summed E-state index contributed by atoms with van der Waals surface area (Å²) < 4.78 is 10.2. The SMILES string of the molecule is COc1ccccc1OCC[N]. The predicted octanol–water partition coefficient (Wildman–Crippen LogP) is 1.14. The number of benzene rings is 1. The van der Waals surface area contributed by atoms with E-state index in [1.807, 2.05) is 18.2 Å². The van der Waals surface area contributed by atoms with Crippen LogP contribution in [0.3, 0.4) is 0 Å². The molecule has 0 unspecified atom stereocenters. The first-order chi connectivity index (χ1) is 5.88. The number of rotatable bonds is 4. The predicted molar refractivity (Wildman–Crippen MR) is 45.5 cm³/mol. The third-order valence-electron chi connectivity index (χ3n) is 1.42. The molecule has 1 rings (SSSR count). The Bertz CT molecular complexity index is 238. The van der Waals surface area contributed by atoms with Crippen molar-refractivity contribution in [2.24, 2.45) is 0 Å². The van der Waals surface area contributed by atoms with Gasteiger partial charge in [0.15, 0.2) is 11.5 Å². The quantitative estimate of drug-likeness (QED) is 0.671. The van der Waals surface area contributed by atoms with Crippen LogP contribution in [0.4, 0.5) is 0 Å². The molecule has 0 N–H and O–H groups in total. The van der Waals surface area contributed by atoms with Crippen molar-refractivity contribution >= 4 is 0 Å². The Balaban J connectivity index is 2.68. The minimum absolute atomic E-state index is 0.0120. The van der Waals surface area contributed by atoms with Crippen LogP contribution in [0.1, 0.15) is 0 Å². The fourth-order valence-corrected chi connectivity index (χ4v) is 0.894. The molecule has 0 aliphatic heterocycles. The molecular weight excluding hydrogens is 154 g/mol. The zero-order chi connectivity index (χ0) is 8.81. The highest BCUT2D eigenvalue weighted by Crippen LogP contribution is 2.25. The lowest BCUT2D eigenvalue weighted by molar-refractivity contribution is 0.301. The van der Waals surface area contributed by atoms with E-state index in [1.165, 1.54) is 0 Å². The van der Waals surface area contributed by atoms with Crippen LogP contribution >= 0.6 is 0 Å². The summed E-state index contributed by atoms with van der Waals surface area (Å²) >= 11 is 0. The van der Waals surface area contributed by atoms with Gasteiger partial charge in [0.05, 0.1) is 13.7 Å². The van der Waals surface area contributed by atoms with E-state index in [-0.39, 0.29) is 6.54 Å². The van der Waals surface area contributed by atoms with Crippen LogP contribution in [0.2, 0.25) is 0 Å². The van der Waals surface area contributed by atoms with Crippen LogP contribution in [-0.2, 0) is 0 Å². The summed E-state index contributed by atoms with van der Waals surface area (Å²) in [6.07, 6.45) is 0. The van der Waals surface area contributed by atoms with Crippen molar-refractivity contribution in [1.82, 2.24) is 5.73 Å². The highest BCUT2D eigenvalue weighted by molar-refractivity contribution is 5.39. The summed E-state index contributed by atoms with van der Waals surface area (Å²) in [7, 11) is 1.58. The standard InChI is InChI=1S/C9H11NO2/c1-11-8-4-2-3-5-9(8)12-7-6-10/h2-5H,6-7H2,1H3. The maximum absolute atomic E-state index is 8.53. The van der Waals surface area contributed by atoms with E-state index >= 15 is 0 Å². The monoisotopic (exact) mass is 165 g/mol. The molecule has 0 heterocycles. The lowest BCUT2D eigenvalue weighted by atomic mass is 10.3. The van der Waals surface area contributed by atoms with Gasteiger partial charge in [-0.15, -0.1) is 5.73 Å². The summed E-state index contributed by atoms with van der Waals surface area (Å²) in [6, 6.07) is 7.33. The fraction of sp³-hybridized carbons (Fsp3) is 0.333. The van der Waals surface area contributed by atoms with Crippen molar-refractivity contribution in [3.8, 4) is 11.5 Å². The van der Waals surface area contributed by atoms with Gasteiger partial charge in [-0.3, -0.25) is 0 Å². The average molecular weight is 165 g/mol. The van der Waals surface area contributed by atoms with E-state index in [1.54, 1.807) is 13.2 Å². The van der Waals surface area contributed by atoms with Gasteiger partial charge in [0, 0.05) is 0 Å². The Morgan fingerprint density at radius 1 is 1.25 bits per heavy atom. The topological polar surface area (TPSA) is 40.8 Å². The van der Waals surface area contributed by atoms with Crippen molar-refractivity contribution in [1.29, 1.82) is 0 Å². The van der Waals surface area contributed by atoms with Gasteiger partial charge in [0.25, 0.3) is 0 Å². The Hall–Kier alpha value is -1.22. The Labute approximate surface area is 72.1 Å². The van der Waals surface area contributed by atoms with Gasteiger partial charge in [-0.1, -0.05) is 12.1 Å². The number of ether oxygens (including phenoxy) is 2. The third kappa shape index (κ3) is 2.13. The van der Waals surface area contributed by atoms with Gasteiger partial charge >= 0.3 is 0 Å². The number of methoxy groups -OCH3 is 1. The maximum Gasteiger partial charge on any atom is 0.161 e. The molecule has 64 valence electrons. The fourth-order valence-electron chi connectivity index (χ4n) is 0.894. The van der Waals surface area contributed by atoms with Gasteiger partial charge < -0.3 is 9.47 Å². The Morgan fingerprint density at radius 3 is 2.50 bits per heavy atom. The summed E-state index contributed by atoms with van der Waals surface area (Å²) in [6.45, 7) is 0.304. The third-order valence-corrected chi connectivity index (χ3v) is 1.42. The van der Waals surface area contributed by atoms with Gasteiger partial charge in [-0.2, -0.15) is 0 Å². The van der Waals surface area contributed by atoms with Crippen molar-refractivity contribution in [2.45, 2.75) is 0 Å². The lowest BCUT2D eigenvalue weighted by Gasteiger charge is -2.08. The minimum atomic E-state index is 0.0120. The first-order valence-corrected chi connectivity index (χ1v) is 3.75. The molecule has 0 aliphatic rings. The lowest BCUT2D eigenvalue weighted by Crippen LogP contribution is -2.03. The van der Waals surface area contributed by atoms with Crippen LogP contribution < -0.4 is 15.2 Å². The molecule has 0 bridgehead atoms. The average Bonchev–Trinajstić information content (AvgIpc) is 2.15. The molecule has 0 spiro atoms. The largest absolute Gasteiger partial charge is 0.493 e. The molecule has 12 heavy (non-hydrogen) atoms. The summed E-state index contributed by atoms with van der Waals surface area (Å²) in [5, 5.41) is 0. The smallest absolute Gasteiger partial charge is 0.161 e. The van der Waals surface area contributed by atoms with Crippen molar-refractivity contribution in [3.05, 3.63) is 24.3 Å². The first-order valence-electron chi connectivity index (χ1n) is 3.75. The van der Waals surface area contributed by atoms with E-state index in [0.29, 0.717) is 18.1 Å². The van der Waals surface area contributed by atoms with E-state index in [2.05, 4.69) is 0 Å². The second-order valence-corrected chi connectivity index (χ2v) is 2.22. The summed E-state index contributed by atoms with van der Waals surface area (Å²) in [5.41, 5.74) is 8.53. The second-order valence-electron chi connectivity index (χ2n) is 2.22. The highest BCUT2D eigenvalue weighted by atomic mass is 16.5. The van der Waals surface area contributed by atoms with Crippen molar-refractivity contribution in [2.75, 3.05) is 20.3 Å². The maximum atomic E-state index is 8.53. The normalized spacial score (nSPS) is 9.50. The highest BCUT2D eigenvalue weighted by Gasteiger charge is 2.00. The number of para-hydroxylation sites is 2. The minimum Gasteiger partial charge on any atom is -0.493 e. The zero-order valence-electron chi connectivity index (χ0n) is 6.99. The molecule has 2 radical (unpaired) electrons. The van der Waals surface area contributed by atoms with E-state index < -0.39 is 0 Å². The van der Waals surface area contributed by atoms with Gasteiger partial charge in [-0.25, -0.2) is 0 Å². The van der Waals surface area contributed by atoms with Gasteiger partial charge in [0.2, 0.25) is 0 Å². The van der Waals surface area contributed by atoms with Crippen LogP contribution in [0, 0.1) is 0 Å². The number of nitrogens with zero attached hydrogens (tertiary/aromatic N) is 1. The molecule has 0 aromatic heterocycles. The zero-order valence-corrected chi connectivity index (χ0v) is 6.99. The molecule has 0 amide bonds. The first kappa shape index (κ1) is 8.87. The molecule has 0 aliphatic carbocycles. The van der Waals surface area contributed by atoms with Gasteiger partial charge in [0.1, 0.15) is 6.61 Å². The van der Waals surface area contributed by atoms with E-state index in [4.69, 9.17) is 15.2 Å². The molecule has 1 aromatic rings. The number of hydrogen-bond acceptors (Lipinski definition) is 2. The summed E-state index contributed by atoms with van der Waals surface area (Å²) in [4.78, 5) is 0. The molecule has 0 atom stereocenters. The van der Waals surface area contributed by atoms with Crippen LogP contribution in [0.25, 0.3) is 0 Å². The van der Waals surface area contributed by atoms with Gasteiger partial charge in [-0.05, 0) is 12.1 Å². The van der Waals surface area contributed by atoms with Crippen molar-refractivity contribution < 1.29 is 9.47 Å². The van der Waals surface area contributed by atoms with Crippen molar-refractivity contribution in [3.63, 3.8) is 0 Å². The van der Waals surface area contributed by atoms with E-state index in [9.17, 15) is 0 Å². The molecule has 1 aromatic carbocycles. The molecule has 3 heteroatoms. The molecule has 0 fully saturated rings. The Morgan fingerprint density at radius 2 is 1.92 bits per heavy atom. The molecular formula is C9H11NO2. The van der Waals surface area contributed by atoms with E-state index in [0.717, 1.165) is 0 Å². The van der Waals surface area contributed by atoms with Crippen LogP contribution in [0.5, 0.6) is 11.5 Å². The number of hydrogen-bond donors (Lipinski definition) is 0.